The van der Waals surface area contributed by atoms with E-state index in [2.05, 4.69) is 4.74 Å². The minimum absolute atomic E-state index is 0.191. The van der Waals surface area contributed by atoms with Crippen molar-refractivity contribution in [2.75, 3.05) is 12.3 Å². The largest absolute Gasteiger partial charge is 0.482 e. The van der Waals surface area contributed by atoms with Crippen molar-refractivity contribution in [3.8, 4) is 5.75 Å². The highest BCUT2D eigenvalue weighted by atomic mass is 19.4. The summed E-state index contributed by atoms with van der Waals surface area (Å²) in [6.07, 6.45) is -4.59. The molecule has 0 spiro atoms. The molecule has 0 aliphatic carbocycles. The first kappa shape index (κ1) is 12.2. The topological polar surface area (TPSA) is 72.5 Å². The van der Waals surface area contributed by atoms with E-state index in [1.54, 1.807) is 0 Å². The number of alkyl halides is 3. The highest BCUT2D eigenvalue weighted by molar-refractivity contribution is 5.68. The molecule has 88 valence electrons. The Bertz CT molecular complexity index is 403. The minimum atomic E-state index is -4.59. The summed E-state index contributed by atoms with van der Waals surface area (Å²) in [5.74, 6) is -1.46. The SMILES string of the molecule is Nc1ccc(OCC(=O)O)cc1C(F)(F)F. The summed E-state index contributed by atoms with van der Waals surface area (Å²) in [6.45, 7) is -0.707. The summed E-state index contributed by atoms with van der Waals surface area (Å²) in [4.78, 5) is 10.1. The molecular formula is C9H8F3NO3. The van der Waals surface area contributed by atoms with Crippen molar-refractivity contribution >= 4 is 11.7 Å². The van der Waals surface area contributed by atoms with Crippen LogP contribution in [0.25, 0.3) is 0 Å². The maximum atomic E-state index is 12.4. The molecule has 0 heterocycles. The van der Waals surface area contributed by atoms with Crippen LogP contribution >= 0.6 is 0 Å². The van der Waals surface area contributed by atoms with E-state index in [1.807, 2.05) is 0 Å². The number of halogens is 3. The van der Waals surface area contributed by atoms with Gasteiger partial charge in [-0.3, -0.25) is 0 Å². The van der Waals surface area contributed by atoms with Crippen molar-refractivity contribution in [3.63, 3.8) is 0 Å². The second-order valence-corrected chi connectivity index (χ2v) is 2.93. The van der Waals surface area contributed by atoms with Gasteiger partial charge in [0, 0.05) is 5.69 Å². The number of nitrogen functional groups attached to an aromatic ring is 1. The van der Waals surface area contributed by atoms with Crippen LogP contribution < -0.4 is 10.5 Å². The molecular weight excluding hydrogens is 227 g/mol. The highest BCUT2D eigenvalue weighted by Gasteiger charge is 2.33. The molecule has 3 N–H and O–H groups in total. The Morgan fingerprint density at radius 3 is 2.56 bits per heavy atom. The maximum absolute atomic E-state index is 12.4. The maximum Gasteiger partial charge on any atom is 0.418 e. The van der Waals surface area contributed by atoms with Gasteiger partial charge in [-0.2, -0.15) is 13.2 Å². The van der Waals surface area contributed by atoms with Crippen LogP contribution in [-0.4, -0.2) is 17.7 Å². The van der Waals surface area contributed by atoms with Crippen molar-refractivity contribution < 1.29 is 27.8 Å². The number of benzene rings is 1. The molecule has 0 aromatic heterocycles. The molecule has 4 nitrogen and oxygen atoms in total. The number of carbonyl (C=O) groups is 1. The molecule has 7 heteroatoms. The average Bonchev–Trinajstić information content (AvgIpc) is 2.14. The quantitative estimate of drug-likeness (QED) is 0.783. The zero-order valence-corrected chi connectivity index (χ0v) is 7.91. The lowest BCUT2D eigenvalue weighted by Gasteiger charge is -2.11. The van der Waals surface area contributed by atoms with Crippen molar-refractivity contribution in [3.05, 3.63) is 23.8 Å². The van der Waals surface area contributed by atoms with Gasteiger partial charge in [0.15, 0.2) is 6.61 Å². The third kappa shape index (κ3) is 3.04. The predicted molar refractivity (Wildman–Crippen MR) is 49.0 cm³/mol. The lowest BCUT2D eigenvalue weighted by molar-refractivity contribution is -0.139. The van der Waals surface area contributed by atoms with E-state index in [4.69, 9.17) is 10.8 Å². The number of hydrogen-bond donors (Lipinski definition) is 2. The lowest BCUT2D eigenvalue weighted by Crippen LogP contribution is -2.12. The predicted octanol–water partition coefficient (Wildman–Crippen LogP) is 1.75. The van der Waals surface area contributed by atoms with Gasteiger partial charge in [-0.25, -0.2) is 4.79 Å². The van der Waals surface area contributed by atoms with Gasteiger partial charge in [0.25, 0.3) is 0 Å². The molecule has 0 aliphatic heterocycles. The van der Waals surface area contributed by atoms with Gasteiger partial charge >= 0.3 is 12.1 Å². The fourth-order valence-electron chi connectivity index (χ4n) is 1.02. The van der Waals surface area contributed by atoms with Crippen molar-refractivity contribution in [2.45, 2.75) is 6.18 Å². The Hall–Kier alpha value is -1.92. The van der Waals surface area contributed by atoms with Gasteiger partial charge in [0.1, 0.15) is 5.75 Å². The molecule has 0 unspecified atom stereocenters. The van der Waals surface area contributed by atoms with Gasteiger partial charge in [0.2, 0.25) is 0 Å². The van der Waals surface area contributed by atoms with Crippen LogP contribution in [0.1, 0.15) is 5.56 Å². The number of anilines is 1. The summed E-state index contributed by atoms with van der Waals surface area (Å²) in [5, 5.41) is 8.29. The van der Waals surface area contributed by atoms with Crippen LogP contribution in [0.4, 0.5) is 18.9 Å². The zero-order valence-electron chi connectivity index (χ0n) is 7.91. The molecule has 0 fully saturated rings. The number of hydrogen-bond acceptors (Lipinski definition) is 3. The molecule has 1 aromatic carbocycles. The number of nitrogens with two attached hydrogens (primary N) is 1. The second-order valence-electron chi connectivity index (χ2n) is 2.93. The third-order valence-corrected chi connectivity index (χ3v) is 1.69. The molecule has 0 atom stereocenters. The first-order valence-corrected chi connectivity index (χ1v) is 4.12. The Morgan fingerprint density at radius 1 is 1.44 bits per heavy atom. The average molecular weight is 235 g/mol. The van der Waals surface area contributed by atoms with Gasteiger partial charge in [-0.05, 0) is 18.2 Å². The van der Waals surface area contributed by atoms with E-state index >= 15 is 0 Å². The van der Waals surface area contributed by atoms with Gasteiger partial charge in [0.05, 0.1) is 5.56 Å². The molecule has 1 rings (SSSR count). The summed E-state index contributed by atoms with van der Waals surface area (Å²) < 4.78 is 41.7. The van der Waals surface area contributed by atoms with Crippen LogP contribution in [0.15, 0.2) is 18.2 Å². The fourth-order valence-corrected chi connectivity index (χ4v) is 1.02. The van der Waals surface area contributed by atoms with E-state index < -0.39 is 30.0 Å². The van der Waals surface area contributed by atoms with Gasteiger partial charge in [-0.15, -0.1) is 0 Å². The van der Waals surface area contributed by atoms with Gasteiger partial charge in [-0.1, -0.05) is 0 Å². The van der Waals surface area contributed by atoms with Crippen molar-refractivity contribution in [1.29, 1.82) is 0 Å². The number of aliphatic carboxylic acids is 1. The molecule has 0 amide bonds. The van der Waals surface area contributed by atoms with E-state index in [0.717, 1.165) is 6.07 Å². The number of carboxylic acids is 1. The number of rotatable bonds is 3. The monoisotopic (exact) mass is 235 g/mol. The molecule has 0 saturated carbocycles. The first-order valence-electron chi connectivity index (χ1n) is 4.12. The summed E-state index contributed by atoms with van der Waals surface area (Å²) in [7, 11) is 0. The molecule has 1 aromatic rings. The zero-order chi connectivity index (χ0) is 12.3. The molecule has 0 bridgehead atoms. The summed E-state index contributed by atoms with van der Waals surface area (Å²) in [6, 6.07) is 2.85. The number of carboxylic acid groups (broad SMARTS) is 1. The van der Waals surface area contributed by atoms with Crippen LogP contribution in [0.3, 0.4) is 0 Å². The van der Waals surface area contributed by atoms with E-state index in [9.17, 15) is 18.0 Å². The Kier molecular flexibility index (Phi) is 3.26. The third-order valence-electron chi connectivity index (χ3n) is 1.69. The standard InChI is InChI=1S/C9H8F3NO3/c10-9(11,12)6-3-5(1-2-7(6)13)16-4-8(14)15/h1-3H,4,13H2,(H,14,15). The van der Waals surface area contributed by atoms with Crippen molar-refractivity contribution in [1.82, 2.24) is 0 Å². The first-order chi connectivity index (χ1) is 7.30. The van der Waals surface area contributed by atoms with E-state index in [-0.39, 0.29) is 5.75 Å². The van der Waals surface area contributed by atoms with Crippen molar-refractivity contribution in [2.24, 2.45) is 0 Å². The lowest BCUT2D eigenvalue weighted by atomic mass is 10.1. The molecule has 16 heavy (non-hydrogen) atoms. The van der Waals surface area contributed by atoms with Gasteiger partial charge < -0.3 is 15.6 Å². The van der Waals surface area contributed by atoms with Crippen LogP contribution in [0, 0.1) is 0 Å². The van der Waals surface area contributed by atoms with Crippen LogP contribution in [0.2, 0.25) is 0 Å². The summed E-state index contributed by atoms with van der Waals surface area (Å²) >= 11 is 0. The van der Waals surface area contributed by atoms with E-state index in [1.165, 1.54) is 6.07 Å². The Labute approximate surface area is 88.4 Å². The smallest absolute Gasteiger partial charge is 0.418 e. The summed E-state index contributed by atoms with van der Waals surface area (Å²) in [5.41, 5.74) is 3.66. The Balaban J connectivity index is 2.94. The molecule has 0 saturated heterocycles. The fraction of sp³-hybridized carbons (Fsp3) is 0.222. The van der Waals surface area contributed by atoms with E-state index in [0.29, 0.717) is 6.07 Å². The van der Waals surface area contributed by atoms with Crippen LogP contribution in [-0.2, 0) is 11.0 Å². The number of ether oxygens (including phenoxy) is 1. The molecule has 0 aliphatic rings. The Morgan fingerprint density at radius 2 is 2.06 bits per heavy atom. The second kappa shape index (κ2) is 4.30. The molecule has 0 radical (unpaired) electrons. The van der Waals surface area contributed by atoms with Crippen LogP contribution in [0.5, 0.6) is 5.75 Å². The highest BCUT2D eigenvalue weighted by Crippen LogP contribution is 2.35. The minimum Gasteiger partial charge on any atom is -0.482 e. The normalized spacial score (nSPS) is 11.2.